The van der Waals surface area contributed by atoms with Crippen LogP contribution < -0.4 is 14.4 Å². The van der Waals surface area contributed by atoms with Gasteiger partial charge in [0.25, 0.3) is 5.91 Å². The van der Waals surface area contributed by atoms with Crippen LogP contribution >= 0.6 is 11.3 Å². The summed E-state index contributed by atoms with van der Waals surface area (Å²) in [6, 6.07) is 13.5. The average molecular weight is 426 g/mol. The molecule has 0 atom stereocenters. The number of amides is 1. The van der Waals surface area contributed by atoms with E-state index in [-0.39, 0.29) is 5.91 Å². The second-order valence-electron chi connectivity index (χ2n) is 7.06. The number of thiazole rings is 1. The number of hydrogen-bond donors (Lipinski definition) is 0. The highest BCUT2D eigenvalue weighted by Crippen LogP contribution is 2.37. The van der Waals surface area contributed by atoms with Crippen LogP contribution in [0.2, 0.25) is 0 Å². The van der Waals surface area contributed by atoms with Crippen LogP contribution in [-0.2, 0) is 4.79 Å². The van der Waals surface area contributed by atoms with E-state index in [0.29, 0.717) is 23.2 Å². The van der Waals surface area contributed by atoms with Crippen molar-refractivity contribution < 1.29 is 14.3 Å². The van der Waals surface area contributed by atoms with Gasteiger partial charge in [-0.3, -0.25) is 9.69 Å². The van der Waals surface area contributed by atoms with Crippen LogP contribution in [0.3, 0.4) is 0 Å². The smallest absolute Gasteiger partial charge is 0.252 e. The van der Waals surface area contributed by atoms with E-state index < -0.39 is 0 Å². The number of methoxy groups -OCH3 is 2. The van der Waals surface area contributed by atoms with E-state index in [4.69, 9.17) is 14.5 Å². The first kappa shape index (κ1) is 21.8. The molecule has 0 aliphatic carbocycles. The van der Waals surface area contributed by atoms with Crippen molar-refractivity contribution in [1.82, 2.24) is 9.88 Å². The third-order valence-electron chi connectivity index (χ3n) is 4.58. The van der Waals surface area contributed by atoms with Gasteiger partial charge in [0.05, 0.1) is 24.4 Å². The number of rotatable bonds is 9. The highest BCUT2D eigenvalue weighted by molar-refractivity contribution is 7.22. The van der Waals surface area contributed by atoms with E-state index in [2.05, 4.69) is 4.90 Å². The van der Waals surface area contributed by atoms with Gasteiger partial charge in [0.15, 0.2) is 16.6 Å². The zero-order chi connectivity index (χ0) is 21.5. The molecule has 30 heavy (non-hydrogen) atoms. The molecular formula is C23H27N3O3S. The van der Waals surface area contributed by atoms with Crippen LogP contribution in [0.15, 0.2) is 48.5 Å². The topological polar surface area (TPSA) is 54.9 Å². The van der Waals surface area contributed by atoms with Gasteiger partial charge in [-0.25, -0.2) is 4.98 Å². The number of hydrogen-bond acceptors (Lipinski definition) is 6. The van der Waals surface area contributed by atoms with Crippen LogP contribution in [0, 0.1) is 0 Å². The van der Waals surface area contributed by atoms with Gasteiger partial charge in [-0.1, -0.05) is 41.7 Å². The molecule has 1 amide bonds. The molecule has 0 N–H and O–H groups in total. The summed E-state index contributed by atoms with van der Waals surface area (Å²) in [5.41, 5.74) is 1.77. The van der Waals surface area contributed by atoms with E-state index >= 15 is 0 Å². The predicted octanol–water partition coefficient (Wildman–Crippen LogP) is 4.31. The van der Waals surface area contributed by atoms with Gasteiger partial charge >= 0.3 is 0 Å². The van der Waals surface area contributed by atoms with Gasteiger partial charge in [-0.05, 0) is 38.7 Å². The van der Waals surface area contributed by atoms with Crippen molar-refractivity contribution in [1.29, 1.82) is 0 Å². The summed E-state index contributed by atoms with van der Waals surface area (Å²) in [6.45, 7) is 1.48. The number of benzene rings is 2. The van der Waals surface area contributed by atoms with Gasteiger partial charge < -0.3 is 14.4 Å². The highest BCUT2D eigenvalue weighted by Gasteiger charge is 2.19. The zero-order valence-corrected chi connectivity index (χ0v) is 18.6. The molecule has 3 rings (SSSR count). The standard InChI is InChI=1S/C23H27N3O3S/c1-25(2)13-8-14-26(22(27)12-11-17-9-6-5-7-10-17)23-24-18-15-19(28-3)20(29-4)16-21(18)30-23/h5-7,9-12,15-16H,8,13-14H2,1-4H3. The number of anilines is 1. The van der Waals surface area contributed by atoms with Crippen molar-refractivity contribution in [3.63, 3.8) is 0 Å². The summed E-state index contributed by atoms with van der Waals surface area (Å²) in [5.74, 6) is 1.18. The molecule has 0 saturated heterocycles. The predicted molar refractivity (Wildman–Crippen MR) is 124 cm³/mol. The van der Waals surface area contributed by atoms with Gasteiger partial charge in [-0.15, -0.1) is 0 Å². The molecule has 0 radical (unpaired) electrons. The largest absolute Gasteiger partial charge is 0.493 e. The molecule has 0 saturated carbocycles. The quantitative estimate of drug-likeness (QED) is 0.478. The lowest BCUT2D eigenvalue weighted by Crippen LogP contribution is -2.32. The van der Waals surface area contributed by atoms with E-state index in [1.807, 2.05) is 62.6 Å². The van der Waals surface area contributed by atoms with Crippen molar-refractivity contribution in [3.05, 3.63) is 54.1 Å². The Hall–Kier alpha value is -2.90. The average Bonchev–Trinajstić information content (AvgIpc) is 3.16. The fourth-order valence-corrected chi connectivity index (χ4v) is 4.03. The van der Waals surface area contributed by atoms with E-state index in [0.717, 1.165) is 28.7 Å². The first-order chi connectivity index (χ1) is 14.5. The molecule has 0 fully saturated rings. The Labute approximate surface area is 181 Å². The van der Waals surface area contributed by atoms with Crippen molar-refractivity contribution in [2.75, 3.05) is 46.3 Å². The number of aromatic nitrogens is 1. The summed E-state index contributed by atoms with van der Waals surface area (Å²) in [5, 5.41) is 0.668. The first-order valence-electron chi connectivity index (χ1n) is 9.73. The number of fused-ring (bicyclic) bond motifs is 1. The maximum absolute atomic E-state index is 13.1. The molecular weight excluding hydrogens is 398 g/mol. The molecule has 0 aliphatic rings. The SMILES string of the molecule is COc1cc2nc(N(CCCN(C)C)C(=O)C=Cc3ccccc3)sc2cc1OC. The highest BCUT2D eigenvalue weighted by atomic mass is 32.1. The Balaban J connectivity index is 1.90. The summed E-state index contributed by atoms with van der Waals surface area (Å²) >= 11 is 1.47. The minimum absolute atomic E-state index is 0.0874. The van der Waals surface area contributed by atoms with Crippen molar-refractivity contribution >= 4 is 38.7 Å². The lowest BCUT2D eigenvalue weighted by Gasteiger charge is -2.19. The number of carbonyl (C=O) groups is 1. The lowest BCUT2D eigenvalue weighted by molar-refractivity contribution is -0.114. The molecule has 0 aliphatic heterocycles. The molecule has 6 nitrogen and oxygen atoms in total. The second kappa shape index (κ2) is 10.2. The van der Waals surface area contributed by atoms with Crippen LogP contribution in [0.4, 0.5) is 5.13 Å². The van der Waals surface area contributed by atoms with Crippen molar-refractivity contribution in [3.8, 4) is 11.5 Å². The van der Waals surface area contributed by atoms with Crippen molar-refractivity contribution in [2.24, 2.45) is 0 Å². The Bertz CT molecular complexity index is 974. The minimum Gasteiger partial charge on any atom is -0.493 e. The first-order valence-corrected chi connectivity index (χ1v) is 10.6. The molecule has 1 aromatic heterocycles. The van der Waals surface area contributed by atoms with Crippen LogP contribution in [-0.4, -0.2) is 57.2 Å². The van der Waals surface area contributed by atoms with Crippen LogP contribution in [0.25, 0.3) is 16.3 Å². The van der Waals surface area contributed by atoms with E-state index in [1.165, 1.54) is 11.3 Å². The number of carbonyl (C=O) groups excluding carboxylic acids is 1. The lowest BCUT2D eigenvalue weighted by atomic mass is 10.2. The Morgan fingerprint density at radius 2 is 1.77 bits per heavy atom. The monoisotopic (exact) mass is 425 g/mol. The van der Waals surface area contributed by atoms with Gasteiger partial charge in [-0.2, -0.15) is 0 Å². The Kier molecular flexibility index (Phi) is 7.43. The molecule has 3 aromatic rings. The van der Waals surface area contributed by atoms with Gasteiger partial charge in [0, 0.05) is 24.8 Å². The Morgan fingerprint density at radius 1 is 1.07 bits per heavy atom. The normalized spacial score (nSPS) is 11.4. The maximum atomic E-state index is 13.1. The van der Waals surface area contributed by atoms with E-state index in [1.54, 1.807) is 25.2 Å². The summed E-state index contributed by atoms with van der Waals surface area (Å²) in [4.78, 5) is 21.6. The van der Waals surface area contributed by atoms with Crippen LogP contribution in [0.1, 0.15) is 12.0 Å². The Morgan fingerprint density at radius 3 is 2.43 bits per heavy atom. The molecule has 0 bridgehead atoms. The number of nitrogens with zero attached hydrogens (tertiary/aromatic N) is 3. The minimum atomic E-state index is -0.0874. The zero-order valence-electron chi connectivity index (χ0n) is 17.8. The molecule has 0 unspecified atom stereocenters. The summed E-state index contributed by atoms with van der Waals surface area (Å²) in [7, 11) is 7.26. The summed E-state index contributed by atoms with van der Waals surface area (Å²) in [6.07, 6.45) is 4.29. The summed E-state index contributed by atoms with van der Waals surface area (Å²) < 4.78 is 11.7. The van der Waals surface area contributed by atoms with Crippen molar-refractivity contribution in [2.45, 2.75) is 6.42 Å². The third kappa shape index (κ3) is 5.37. The molecule has 1 heterocycles. The fraction of sp³-hybridized carbons (Fsp3) is 0.304. The molecule has 2 aromatic carbocycles. The molecule has 0 spiro atoms. The van der Waals surface area contributed by atoms with Gasteiger partial charge in [0.2, 0.25) is 0 Å². The fourth-order valence-electron chi connectivity index (χ4n) is 3.03. The van der Waals surface area contributed by atoms with Gasteiger partial charge in [0.1, 0.15) is 0 Å². The van der Waals surface area contributed by atoms with E-state index in [9.17, 15) is 4.79 Å². The van der Waals surface area contributed by atoms with Crippen LogP contribution in [0.5, 0.6) is 11.5 Å². The maximum Gasteiger partial charge on any atom is 0.252 e. The molecule has 7 heteroatoms. The number of ether oxygens (including phenoxy) is 2. The third-order valence-corrected chi connectivity index (χ3v) is 5.63. The second-order valence-corrected chi connectivity index (χ2v) is 8.07. The molecule has 158 valence electrons.